The molecule has 7 heteroatoms. The molecule has 0 saturated carbocycles. The molecular formula is C21H23N5OS. The van der Waals surface area contributed by atoms with Crippen LogP contribution in [0.15, 0.2) is 41.8 Å². The zero-order chi connectivity index (χ0) is 19.1. The second-order valence-corrected chi connectivity index (χ2v) is 8.51. The van der Waals surface area contributed by atoms with Crippen molar-refractivity contribution in [3.05, 3.63) is 63.6 Å². The molecule has 1 aromatic carbocycles. The molecule has 2 aliphatic rings. The lowest BCUT2D eigenvalue weighted by atomic mass is 10.1. The minimum atomic E-state index is -0.143. The Labute approximate surface area is 168 Å². The lowest BCUT2D eigenvalue weighted by Gasteiger charge is -2.35. The van der Waals surface area contributed by atoms with E-state index in [4.69, 9.17) is 0 Å². The van der Waals surface area contributed by atoms with Gasteiger partial charge in [0.2, 0.25) is 5.91 Å². The van der Waals surface area contributed by atoms with Crippen molar-refractivity contribution >= 4 is 17.2 Å². The number of fused-ring (bicyclic) bond motifs is 2. The van der Waals surface area contributed by atoms with E-state index in [1.165, 1.54) is 10.4 Å². The maximum absolute atomic E-state index is 13.1. The second kappa shape index (κ2) is 7.14. The Hall–Kier alpha value is -2.51. The van der Waals surface area contributed by atoms with Crippen LogP contribution in [0.25, 0.3) is 5.69 Å². The highest BCUT2D eigenvalue weighted by molar-refractivity contribution is 7.10. The fourth-order valence-electron chi connectivity index (χ4n) is 4.19. The largest absolute Gasteiger partial charge is 0.337 e. The zero-order valence-electron chi connectivity index (χ0n) is 15.9. The van der Waals surface area contributed by atoms with Gasteiger partial charge < -0.3 is 4.90 Å². The lowest BCUT2D eigenvalue weighted by Crippen LogP contribution is -2.49. The van der Waals surface area contributed by atoms with Crippen molar-refractivity contribution in [3.63, 3.8) is 0 Å². The SMILES string of the molecule is CC(C(=O)N1CCc2sccc2C1)N1CCc2c(nnn2-c2ccccc2)C1. The van der Waals surface area contributed by atoms with Crippen LogP contribution in [-0.2, 0) is 30.7 Å². The third-order valence-corrected chi connectivity index (χ3v) is 6.88. The van der Waals surface area contributed by atoms with Crippen LogP contribution in [0.5, 0.6) is 0 Å². The predicted molar refractivity (Wildman–Crippen MR) is 108 cm³/mol. The van der Waals surface area contributed by atoms with Crippen molar-refractivity contribution in [2.75, 3.05) is 13.1 Å². The number of aromatic nitrogens is 3. The molecule has 0 aliphatic carbocycles. The van der Waals surface area contributed by atoms with E-state index in [-0.39, 0.29) is 11.9 Å². The zero-order valence-corrected chi connectivity index (χ0v) is 16.7. The monoisotopic (exact) mass is 393 g/mol. The normalized spacial score (nSPS) is 17.8. The number of amides is 1. The van der Waals surface area contributed by atoms with Crippen molar-refractivity contribution in [2.45, 2.75) is 38.9 Å². The minimum absolute atomic E-state index is 0.143. The van der Waals surface area contributed by atoms with E-state index in [1.807, 2.05) is 46.8 Å². The minimum Gasteiger partial charge on any atom is -0.337 e. The standard InChI is InChI=1S/C21H23N5OS/c1-15(21(27)25-11-8-20-16(13-25)9-12-28-20)24-10-7-19-18(14-24)22-23-26(19)17-5-3-2-4-6-17/h2-6,9,12,15H,7-8,10-11,13-14H2,1H3. The molecule has 28 heavy (non-hydrogen) atoms. The van der Waals surface area contributed by atoms with Crippen LogP contribution in [-0.4, -0.2) is 49.8 Å². The number of benzene rings is 1. The summed E-state index contributed by atoms with van der Waals surface area (Å²) in [7, 11) is 0. The van der Waals surface area contributed by atoms with E-state index in [0.717, 1.165) is 49.6 Å². The Kier molecular flexibility index (Phi) is 4.49. The van der Waals surface area contributed by atoms with Gasteiger partial charge in [-0.1, -0.05) is 23.4 Å². The molecule has 3 aromatic rings. The van der Waals surface area contributed by atoms with Crippen molar-refractivity contribution in [1.29, 1.82) is 0 Å². The highest BCUT2D eigenvalue weighted by Crippen LogP contribution is 2.26. The number of carbonyl (C=O) groups is 1. The van der Waals surface area contributed by atoms with Gasteiger partial charge in [-0.25, -0.2) is 4.68 Å². The maximum atomic E-state index is 13.1. The van der Waals surface area contributed by atoms with E-state index >= 15 is 0 Å². The summed E-state index contributed by atoms with van der Waals surface area (Å²) in [6.07, 6.45) is 1.82. The third kappa shape index (κ3) is 3.04. The molecule has 0 saturated heterocycles. The third-order valence-electron chi connectivity index (χ3n) is 5.86. The van der Waals surface area contributed by atoms with E-state index in [2.05, 4.69) is 26.7 Å². The number of para-hydroxylation sites is 1. The molecule has 144 valence electrons. The number of carbonyl (C=O) groups excluding carboxylic acids is 1. The van der Waals surface area contributed by atoms with Crippen LogP contribution in [0.1, 0.15) is 28.8 Å². The molecule has 5 rings (SSSR count). The first-order valence-electron chi connectivity index (χ1n) is 9.77. The number of nitrogens with zero attached hydrogens (tertiary/aromatic N) is 5. The molecule has 0 spiro atoms. The molecule has 1 amide bonds. The van der Waals surface area contributed by atoms with Crippen molar-refractivity contribution in [2.24, 2.45) is 0 Å². The summed E-state index contributed by atoms with van der Waals surface area (Å²) >= 11 is 1.80. The fourth-order valence-corrected chi connectivity index (χ4v) is 5.08. The van der Waals surface area contributed by atoms with E-state index in [9.17, 15) is 4.79 Å². The van der Waals surface area contributed by atoms with Gasteiger partial charge in [-0.05, 0) is 42.5 Å². The van der Waals surface area contributed by atoms with Gasteiger partial charge in [-0.15, -0.1) is 16.4 Å². The first-order chi connectivity index (χ1) is 13.7. The van der Waals surface area contributed by atoms with Crippen LogP contribution in [0.3, 0.4) is 0 Å². The van der Waals surface area contributed by atoms with Gasteiger partial charge in [0.05, 0.1) is 17.4 Å². The van der Waals surface area contributed by atoms with Crippen molar-refractivity contribution in [3.8, 4) is 5.69 Å². The number of thiophene rings is 1. The van der Waals surface area contributed by atoms with Gasteiger partial charge in [-0.2, -0.15) is 0 Å². The van der Waals surface area contributed by atoms with Crippen LogP contribution in [0.2, 0.25) is 0 Å². The number of rotatable bonds is 3. The molecular weight excluding hydrogens is 370 g/mol. The summed E-state index contributed by atoms with van der Waals surface area (Å²) in [6, 6.07) is 12.1. The van der Waals surface area contributed by atoms with Crippen LogP contribution in [0.4, 0.5) is 0 Å². The molecule has 2 aliphatic heterocycles. The molecule has 1 atom stereocenters. The summed E-state index contributed by atoms with van der Waals surface area (Å²) in [5, 5.41) is 10.9. The molecule has 4 heterocycles. The van der Waals surface area contributed by atoms with Crippen LogP contribution in [0, 0.1) is 0 Å². The quantitative estimate of drug-likeness (QED) is 0.687. The summed E-state index contributed by atoms with van der Waals surface area (Å²) < 4.78 is 1.93. The Morgan fingerprint density at radius 2 is 1.96 bits per heavy atom. The molecule has 0 bridgehead atoms. The van der Waals surface area contributed by atoms with E-state index < -0.39 is 0 Å². The molecule has 0 fully saturated rings. The Morgan fingerprint density at radius 1 is 1.11 bits per heavy atom. The van der Waals surface area contributed by atoms with E-state index in [0.29, 0.717) is 6.54 Å². The van der Waals surface area contributed by atoms with E-state index in [1.54, 1.807) is 11.3 Å². The lowest BCUT2D eigenvalue weighted by molar-refractivity contribution is -0.137. The smallest absolute Gasteiger partial charge is 0.239 e. The molecule has 0 radical (unpaired) electrons. The van der Waals surface area contributed by atoms with Crippen LogP contribution >= 0.6 is 11.3 Å². The average molecular weight is 394 g/mol. The van der Waals surface area contributed by atoms with Gasteiger partial charge in [-0.3, -0.25) is 9.69 Å². The van der Waals surface area contributed by atoms with Gasteiger partial charge in [0, 0.05) is 37.5 Å². The molecule has 1 unspecified atom stereocenters. The summed E-state index contributed by atoms with van der Waals surface area (Å²) in [4.78, 5) is 18.8. The van der Waals surface area contributed by atoms with Crippen molar-refractivity contribution < 1.29 is 4.79 Å². The molecule has 2 aromatic heterocycles. The van der Waals surface area contributed by atoms with Gasteiger partial charge in [0.15, 0.2) is 0 Å². The van der Waals surface area contributed by atoms with Gasteiger partial charge in [0.25, 0.3) is 0 Å². The Morgan fingerprint density at radius 3 is 2.82 bits per heavy atom. The number of hydrogen-bond acceptors (Lipinski definition) is 5. The fraction of sp³-hybridized carbons (Fsp3) is 0.381. The average Bonchev–Trinajstić information content (AvgIpc) is 3.39. The highest BCUT2D eigenvalue weighted by atomic mass is 32.1. The second-order valence-electron chi connectivity index (χ2n) is 7.51. The number of hydrogen-bond donors (Lipinski definition) is 0. The Balaban J connectivity index is 1.30. The highest BCUT2D eigenvalue weighted by Gasteiger charge is 2.32. The summed E-state index contributed by atoms with van der Waals surface area (Å²) in [6.45, 7) is 5.10. The van der Waals surface area contributed by atoms with Crippen LogP contribution < -0.4 is 0 Å². The molecule has 6 nitrogen and oxygen atoms in total. The molecule has 0 N–H and O–H groups in total. The Bertz CT molecular complexity index is 995. The summed E-state index contributed by atoms with van der Waals surface area (Å²) in [5.74, 6) is 0.218. The first-order valence-corrected chi connectivity index (χ1v) is 10.7. The first kappa shape index (κ1) is 17.6. The maximum Gasteiger partial charge on any atom is 0.239 e. The van der Waals surface area contributed by atoms with Gasteiger partial charge in [0.1, 0.15) is 5.69 Å². The summed E-state index contributed by atoms with van der Waals surface area (Å²) in [5.41, 5.74) is 4.48. The van der Waals surface area contributed by atoms with Crippen molar-refractivity contribution in [1.82, 2.24) is 24.8 Å². The topological polar surface area (TPSA) is 54.3 Å². The van der Waals surface area contributed by atoms with Gasteiger partial charge >= 0.3 is 0 Å². The predicted octanol–water partition coefficient (Wildman–Crippen LogP) is 2.66.